The van der Waals surface area contributed by atoms with Crippen LogP contribution in [0.1, 0.15) is 83.1 Å². The molecule has 0 aromatic heterocycles. The molecule has 0 spiro atoms. The predicted molar refractivity (Wildman–Crippen MR) is 126 cm³/mol. The molecule has 1 aromatic carbocycles. The number of amides is 1. The predicted octanol–water partition coefficient (Wildman–Crippen LogP) is 4.19. The fourth-order valence-corrected chi connectivity index (χ4v) is 5.32. The van der Waals surface area contributed by atoms with E-state index in [2.05, 4.69) is 24.4 Å². The molecule has 5 nitrogen and oxygen atoms in total. The summed E-state index contributed by atoms with van der Waals surface area (Å²) in [5.41, 5.74) is 1.22. The lowest BCUT2D eigenvalue weighted by Gasteiger charge is -2.29. The normalized spacial score (nSPS) is 25.0. The number of aliphatic hydroxyl groups is 2. The summed E-state index contributed by atoms with van der Waals surface area (Å²) in [6.07, 6.45) is 8.90. The standard InChI is InChI=1S/C27H41NO4/c1-19(17-22(29)16-13-20-9-5-4-6-10-20)27-23(24(30)18-25(27)31)11-7-2-3-8-12-26(32)28-21-14-15-21/h4-6,9-10,19,21-23,25,27,29,31H,2-3,7-8,11-18H2,1H3,(H,28,32)/t19-,22-,23-,25+,27+/m0/s1. The van der Waals surface area contributed by atoms with Crippen LogP contribution >= 0.6 is 0 Å². The Morgan fingerprint density at radius 3 is 2.56 bits per heavy atom. The van der Waals surface area contributed by atoms with Gasteiger partial charge in [0.25, 0.3) is 0 Å². The highest BCUT2D eigenvalue weighted by molar-refractivity contribution is 5.84. The molecule has 0 unspecified atom stereocenters. The van der Waals surface area contributed by atoms with Crippen LogP contribution in [0.5, 0.6) is 0 Å². The highest BCUT2D eigenvalue weighted by atomic mass is 16.3. The highest BCUT2D eigenvalue weighted by Gasteiger charge is 2.43. The number of aryl methyl sites for hydroxylation is 1. The van der Waals surface area contributed by atoms with E-state index < -0.39 is 12.2 Å². The van der Waals surface area contributed by atoms with Crippen molar-refractivity contribution in [3.05, 3.63) is 35.9 Å². The maximum absolute atomic E-state index is 12.5. The summed E-state index contributed by atoms with van der Waals surface area (Å²) < 4.78 is 0. The third-order valence-electron chi connectivity index (χ3n) is 7.25. The molecule has 32 heavy (non-hydrogen) atoms. The number of carbonyl (C=O) groups is 2. The van der Waals surface area contributed by atoms with Gasteiger partial charge in [-0.05, 0) is 62.3 Å². The number of carbonyl (C=O) groups excluding carboxylic acids is 2. The summed E-state index contributed by atoms with van der Waals surface area (Å²) >= 11 is 0. The molecule has 2 aliphatic carbocycles. The Bertz CT molecular complexity index is 718. The van der Waals surface area contributed by atoms with Gasteiger partial charge in [0.05, 0.1) is 12.2 Å². The van der Waals surface area contributed by atoms with Crippen LogP contribution in [-0.2, 0) is 16.0 Å². The van der Waals surface area contributed by atoms with Crippen LogP contribution in [0.3, 0.4) is 0 Å². The summed E-state index contributed by atoms with van der Waals surface area (Å²) in [6, 6.07) is 10.6. The van der Waals surface area contributed by atoms with Gasteiger partial charge >= 0.3 is 0 Å². The highest BCUT2D eigenvalue weighted by Crippen LogP contribution is 2.40. The van der Waals surface area contributed by atoms with Gasteiger partial charge in [-0.1, -0.05) is 56.5 Å². The maximum atomic E-state index is 12.5. The van der Waals surface area contributed by atoms with Crippen molar-refractivity contribution in [1.82, 2.24) is 5.32 Å². The monoisotopic (exact) mass is 443 g/mol. The van der Waals surface area contributed by atoms with Gasteiger partial charge in [0.1, 0.15) is 5.78 Å². The van der Waals surface area contributed by atoms with Gasteiger partial charge in [0.2, 0.25) is 5.91 Å². The van der Waals surface area contributed by atoms with Gasteiger partial charge < -0.3 is 15.5 Å². The van der Waals surface area contributed by atoms with Gasteiger partial charge in [0.15, 0.2) is 0 Å². The molecule has 1 amide bonds. The Morgan fingerprint density at radius 1 is 1.12 bits per heavy atom. The third kappa shape index (κ3) is 8.00. The summed E-state index contributed by atoms with van der Waals surface area (Å²) in [5, 5.41) is 24.1. The SMILES string of the molecule is C[C@@H](C[C@@H](O)CCc1ccccc1)[C@H]1[C@H](O)CC(=O)[C@@H]1CCCCCCC(=O)NC1CC1. The van der Waals surface area contributed by atoms with Crippen molar-refractivity contribution < 1.29 is 19.8 Å². The average molecular weight is 444 g/mol. The second kappa shape index (κ2) is 12.5. The lowest BCUT2D eigenvalue weighted by Crippen LogP contribution is -2.30. The third-order valence-corrected chi connectivity index (χ3v) is 7.25. The van der Waals surface area contributed by atoms with Crippen molar-refractivity contribution in [3.8, 4) is 0 Å². The first-order valence-electron chi connectivity index (χ1n) is 12.7. The molecule has 3 rings (SSSR count). The number of aliphatic hydroxyl groups excluding tert-OH is 2. The number of Topliss-reactive ketones (excluding diaryl/α,β-unsaturated/α-hetero) is 1. The molecule has 5 atom stereocenters. The zero-order chi connectivity index (χ0) is 22.9. The average Bonchev–Trinajstić information content (AvgIpc) is 3.52. The second-order valence-electron chi connectivity index (χ2n) is 10.1. The molecule has 0 bridgehead atoms. The minimum atomic E-state index is -0.588. The largest absolute Gasteiger partial charge is 0.393 e. The van der Waals surface area contributed by atoms with Gasteiger partial charge in [-0.2, -0.15) is 0 Å². The van der Waals surface area contributed by atoms with Crippen LogP contribution in [-0.4, -0.2) is 40.2 Å². The van der Waals surface area contributed by atoms with Crippen molar-refractivity contribution in [2.45, 2.75) is 102 Å². The lowest BCUT2D eigenvalue weighted by atomic mass is 9.78. The van der Waals surface area contributed by atoms with E-state index in [0.29, 0.717) is 25.3 Å². The summed E-state index contributed by atoms with van der Waals surface area (Å²) in [5.74, 6) is 0.300. The smallest absolute Gasteiger partial charge is 0.220 e. The van der Waals surface area contributed by atoms with E-state index >= 15 is 0 Å². The molecular formula is C27H41NO4. The van der Waals surface area contributed by atoms with Crippen molar-refractivity contribution in [2.24, 2.45) is 17.8 Å². The molecule has 5 heteroatoms. The van der Waals surface area contributed by atoms with Gasteiger partial charge in [0, 0.05) is 24.8 Å². The Balaban J connectivity index is 1.36. The molecule has 1 aromatic rings. The van der Waals surface area contributed by atoms with Crippen LogP contribution < -0.4 is 5.32 Å². The zero-order valence-electron chi connectivity index (χ0n) is 19.5. The molecule has 3 N–H and O–H groups in total. The first-order chi connectivity index (χ1) is 15.4. The summed E-state index contributed by atoms with van der Waals surface area (Å²) in [4.78, 5) is 24.3. The number of hydrogen-bond acceptors (Lipinski definition) is 4. The van der Waals surface area contributed by atoms with E-state index in [9.17, 15) is 19.8 Å². The molecule has 2 fully saturated rings. The number of benzene rings is 1. The quantitative estimate of drug-likeness (QED) is 0.376. The van der Waals surface area contributed by atoms with Crippen LogP contribution in [0.4, 0.5) is 0 Å². The van der Waals surface area contributed by atoms with Crippen LogP contribution in [0.2, 0.25) is 0 Å². The van der Waals surface area contributed by atoms with E-state index in [0.717, 1.165) is 51.4 Å². The molecule has 2 saturated carbocycles. The number of rotatable bonds is 14. The van der Waals surface area contributed by atoms with Crippen molar-refractivity contribution in [1.29, 1.82) is 0 Å². The van der Waals surface area contributed by atoms with Crippen molar-refractivity contribution in [2.75, 3.05) is 0 Å². The minimum Gasteiger partial charge on any atom is -0.393 e. The van der Waals surface area contributed by atoms with E-state index in [1.807, 2.05) is 18.2 Å². The van der Waals surface area contributed by atoms with Crippen LogP contribution in [0.15, 0.2) is 30.3 Å². The first-order valence-corrected chi connectivity index (χ1v) is 12.7. The van der Waals surface area contributed by atoms with Crippen LogP contribution in [0, 0.1) is 17.8 Å². The molecule has 0 radical (unpaired) electrons. The number of hydrogen-bond donors (Lipinski definition) is 3. The van der Waals surface area contributed by atoms with Crippen molar-refractivity contribution in [3.63, 3.8) is 0 Å². The molecule has 178 valence electrons. The first kappa shape index (κ1) is 24.9. The molecule has 0 saturated heterocycles. The van der Waals surface area contributed by atoms with E-state index in [-0.39, 0.29) is 35.9 Å². The Labute approximate surface area is 193 Å². The second-order valence-corrected chi connectivity index (χ2v) is 10.1. The molecule has 0 heterocycles. The van der Waals surface area contributed by atoms with E-state index in [1.165, 1.54) is 5.56 Å². The maximum Gasteiger partial charge on any atom is 0.220 e. The summed E-state index contributed by atoms with van der Waals surface area (Å²) in [7, 11) is 0. The van der Waals surface area contributed by atoms with Gasteiger partial charge in [-0.15, -0.1) is 0 Å². The molecule has 0 aliphatic heterocycles. The number of ketones is 1. The molecular weight excluding hydrogens is 402 g/mol. The Kier molecular flexibility index (Phi) is 9.73. The fourth-order valence-electron chi connectivity index (χ4n) is 5.32. The van der Waals surface area contributed by atoms with E-state index in [4.69, 9.17) is 0 Å². The Morgan fingerprint density at radius 2 is 1.84 bits per heavy atom. The number of unbranched alkanes of at least 4 members (excludes halogenated alkanes) is 3. The van der Waals surface area contributed by atoms with Crippen molar-refractivity contribution >= 4 is 11.7 Å². The fraction of sp³-hybridized carbons (Fsp3) is 0.704. The summed E-state index contributed by atoms with van der Waals surface area (Å²) in [6.45, 7) is 2.07. The van der Waals surface area contributed by atoms with Gasteiger partial charge in [-0.3, -0.25) is 9.59 Å². The minimum absolute atomic E-state index is 0.0572. The topological polar surface area (TPSA) is 86.6 Å². The van der Waals surface area contributed by atoms with E-state index in [1.54, 1.807) is 0 Å². The Hall–Kier alpha value is -1.72. The number of nitrogens with one attached hydrogen (secondary N) is 1. The molecule has 2 aliphatic rings. The zero-order valence-corrected chi connectivity index (χ0v) is 19.5. The van der Waals surface area contributed by atoms with Crippen LogP contribution in [0.25, 0.3) is 0 Å². The van der Waals surface area contributed by atoms with Gasteiger partial charge in [-0.25, -0.2) is 0 Å². The lowest BCUT2D eigenvalue weighted by molar-refractivity contribution is -0.122.